The molecule has 0 heterocycles. The zero-order chi connectivity index (χ0) is 14.5. The van der Waals surface area contributed by atoms with E-state index in [9.17, 15) is 4.79 Å². The second-order valence-corrected chi connectivity index (χ2v) is 5.77. The molecule has 0 aliphatic heterocycles. The number of nitrogens with zero attached hydrogens (tertiary/aromatic N) is 1. The van der Waals surface area contributed by atoms with Crippen LogP contribution in [0.1, 0.15) is 22.8 Å². The predicted octanol–water partition coefficient (Wildman–Crippen LogP) is 4.15. The fraction of sp³-hybridized carbons (Fsp3) is 0.235. The standard InChI is InChI=1S/C17H18BrNO/c1-13(17(20)14-8-4-3-5-9-14)19(2)12-15-10-6-7-11-16(15)18/h3-11,13H,12H2,1-2H3. The van der Waals surface area contributed by atoms with E-state index in [-0.39, 0.29) is 11.8 Å². The fourth-order valence-electron chi connectivity index (χ4n) is 2.08. The van der Waals surface area contributed by atoms with Crippen LogP contribution in [0.2, 0.25) is 0 Å². The number of Topliss-reactive ketones (excluding diaryl/α,β-unsaturated/α-hetero) is 1. The highest BCUT2D eigenvalue weighted by atomic mass is 79.9. The molecule has 0 aliphatic carbocycles. The van der Waals surface area contributed by atoms with Crippen molar-refractivity contribution >= 4 is 21.7 Å². The second kappa shape index (κ2) is 6.82. The molecular formula is C17H18BrNO. The quantitative estimate of drug-likeness (QED) is 0.767. The van der Waals surface area contributed by atoms with Gasteiger partial charge in [-0.25, -0.2) is 0 Å². The normalized spacial score (nSPS) is 12.4. The monoisotopic (exact) mass is 331 g/mol. The van der Waals surface area contributed by atoms with Crippen molar-refractivity contribution in [1.29, 1.82) is 0 Å². The molecule has 0 N–H and O–H groups in total. The van der Waals surface area contributed by atoms with Crippen molar-refractivity contribution in [2.24, 2.45) is 0 Å². The Morgan fingerprint density at radius 1 is 1.10 bits per heavy atom. The van der Waals surface area contributed by atoms with Crippen molar-refractivity contribution in [3.63, 3.8) is 0 Å². The molecule has 0 saturated carbocycles. The van der Waals surface area contributed by atoms with Gasteiger partial charge in [0.05, 0.1) is 6.04 Å². The molecule has 104 valence electrons. The summed E-state index contributed by atoms with van der Waals surface area (Å²) in [6.45, 7) is 2.69. The van der Waals surface area contributed by atoms with E-state index in [0.717, 1.165) is 16.6 Å². The van der Waals surface area contributed by atoms with Gasteiger partial charge in [-0.3, -0.25) is 9.69 Å². The summed E-state index contributed by atoms with van der Waals surface area (Å²) in [4.78, 5) is 14.5. The third-order valence-electron chi connectivity index (χ3n) is 3.48. The molecule has 1 atom stereocenters. The van der Waals surface area contributed by atoms with Crippen LogP contribution < -0.4 is 0 Å². The van der Waals surface area contributed by atoms with E-state index in [2.05, 4.69) is 26.9 Å². The summed E-state index contributed by atoms with van der Waals surface area (Å²) in [7, 11) is 1.98. The van der Waals surface area contributed by atoms with Gasteiger partial charge in [-0.2, -0.15) is 0 Å². The van der Waals surface area contributed by atoms with Crippen LogP contribution in [0.25, 0.3) is 0 Å². The second-order valence-electron chi connectivity index (χ2n) is 4.91. The van der Waals surface area contributed by atoms with Crippen LogP contribution >= 0.6 is 15.9 Å². The molecule has 20 heavy (non-hydrogen) atoms. The number of halogens is 1. The van der Waals surface area contributed by atoms with Gasteiger partial charge in [0.25, 0.3) is 0 Å². The fourth-order valence-corrected chi connectivity index (χ4v) is 2.49. The number of hydrogen-bond acceptors (Lipinski definition) is 2. The largest absolute Gasteiger partial charge is 0.292 e. The van der Waals surface area contributed by atoms with Gasteiger partial charge in [0.1, 0.15) is 0 Å². The molecule has 0 saturated heterocycles. The lowest BCUT2D eigenvalue weighted by Crippen LogP contribution is -2.35. The highest BCUT2D eigenvalue weighted by Crippen LogP contribution is 2.19. The maximum absolute atomic E-state index is 12.4. The first-order valence-corrected chi connectivity index (χ1v) is 7.42. The third kappa shape index (κ3) is 3.56. The van der Waals surface area contributed by atoms with E-state index in [1.165, 1.54) is 5.56 Å². The summed E-state index contributed by atoms with van der Waals surface area (Å²) in [5.41, 5.74) is 1.95. The summed E-state index contributed by atoms with van der Waals surface area (Å²) in [6, 6.07) is 17.4. The summed E-state index contributed by atoms with van der Waals surface area (Å²) in [6.07, 6.45) is 0. The lowest BCUT2D eigenvalue weighted by molar-refractivity contribution is 0.0862. The minimum absolute atomic E-state index is 0.149. The maximum atomic E-state index is 12.4. The molecule has 0 radical (unpaired) electrons. The molecule has 2 aromatic rings. The van der Waals surface area contributed by atoms with Crippen LogP contribution in [-0.2, 0) is 6.54 Å². The summed E-state index contributed by atoms with van der Waals surface area (Å²) < 4.78 is 1.08. The van der Waals surface area contributed by atoms with E-state index >= 15 is 0 Å². The Labute approximate surface area is 128 Å². The molecule has 0 amide bonds. The van der Waals surface area contributed by atoms with Gasteiger partial charge < -0.3 is 0 Å². The zero-order valence-electron chi connectivity index (χ0n) is 11.7. The summed E-state index contributed by atoms with van der Waals surface area (Å²) in [5.74, 6) is 0.153. The van der Waals surface area contributed by atoms with Crippen LogP contribution in [0.4, 0.5) is 0 Å². The van der Waals surface area contributed by atoms with Crippen molar-refractivity contribution in [2.75, 3.05) is 7.05 Å². The van der Waals surface area contributed by atoms with Crippen molar-refractivity contribution in [2.45, 2.75) is 19.5 Å². The van der Waals surface area contributed by atoms with Crippen molar-refractivity contribution < 1.29 is 4.79 Å². The first-order valence-electron chi connectivity index (χ1n) is 6.62. The topological polar surface area (TPSA) is 20.3 Å². The molecule has 0 fully saturated rings. The van der Waals surface area contributed by atoms with Crippen molar-refractivity contribution in [1.82, 2.24) is 4.90 Å². The Kier molecular flexibility index (Phi) is 5.10. The van der Waals surface area contributed by atoms with Gasteiger partial charge in [-0.15, -0.1) is 0 Å². The first kappa shape index (κ1) is 14.9. The van der Waals surface area contributed by atoms with Crippen molar-refractivity contribution in [3.05, 3.63) is 70.2 Å². The van der Waals surface area contributed by atoms with E-state index in [0.29, 0.717) is 0 Å². The number of carbonyl (C=O) groups excluding carboxylic acids is 1. The molecule has 3 heteroatoms. The lowest BCUT2D eigenvalue weighted by atomic mass is 10.0. The molecule has 0 spiro atoms. The SMILES string of the molecule is CC(C(=O)c1ccccc1)N(C)Cc1ccccc1Br. The minimum Gasteiger partial charge on any atom is -0.292 e. The van der Waals surface area contributed by atoms with Gasteiger partial charge in [-0.05, 0) is 25.6 Å². The van der Waals surface area contributed by atoms with Crippen LogP contribution in [0, 0.1) is 0 Å². The molecular weight excluding hydrogens is 314 g/mol. The van der Waals surface area contributed by atoms with E-state index in [1.807, 2.05) is 62.5 Å². The number of ketones is 1. The number of rotatable bonds is 5. The number of likely N-dealkylation sites (N-methyl/N-ethyl adjacent to an activating group) is 1. The smallest absolute Gasteiger partial charge is 0.179 e. The van der Waals surface area contributed by atoms with Gasteiger partial charge in [-0.1, -0.05) is 64.5 Å². The lowest BCUT2D eigenvalue weighted by Gasteiger charge is -2.24. The van der Waals surface area contributed by atoms with Gasteiger partial charge in [0.15, 0.2) is 5.78 Å². The van der Waals surface area contributed by atoms with Crippen LogP contribution in [0.15, 0.2) is 59.1 Å². The Balaban J connectivity index is 2.08. The maximum Gasteiger partial charge on any atom is 0.179 e. The summed E-state index contributed by atoms with van der Waals surface area (Å²) >= 11 is 3.54. The molecule has 0 aliphatic rings. The van der Waals surface area contributed by atoms with Gasteiger partial charge in [0.2, 0.25) is 0 Å². The third-order valence-corrected chi connectivity index (χ3v) is 4.25. The molecule has 0 aromatic heterocycles. The predicted molar refractivity (Wildman–Crippen MR) is 85.8 cm³/mol. The number of hydrogen-bond donors (Lipinski definition) is 0. The van der Waals surface area contributed by atoms with Crippen LogP contribution in [-0.4, -0.2) is 23.8 Å². The highest BCUT2D eigenvalue weighted by molar-refractivity contribution is 9.10. The van der Waals surface area contributed by atoms with E-state index in [1.54, 1.807) is 0 Å². The number of carbonyl (C=O) groups is 1. The van der Waals surface area contributed by atoms with Crippen LogP contribution in [0.3, 0.4) is 0 Å². The Bertz CT molecular complexity index is 583. The minimum atomic E-state index is -0.149. The van der Waals surface area contributed by atoms with E-state index < -0.39 is 0 Å². The molecule has 2 rings (SSSR count). The Morgan fingerprint density at radius 3 is 2.35 bits per heavy atom. The zero-order valence-corrected chi connectivity index (χ0v) is 13.3. The molecule has 0 bridgehead atoms. The van der Waals surface area contributed by atoms with Gasteiger partial charge in [0, 0.05) is 16.6 Å². The van der Waals surface area contributed by atoms with E-state index in [4.69, 9.17) is 0 Å². The van der Waals surface area contributed by atoms with Gasteiger partial charge >= 0.3 is 0 Å². The highest BCUT2D eigenvalue weighted by Gasteiger charge is 2.19. The Hall–Kier alpha value is -1.45. The number of benzene rings is 2. The first-order chi connectivity index (χ1) is 9.59. The Morgan fingerprint density at radius 2 is 1.70 bits per heavy atom. The van der Waals surface area contributed by atoms with Crippen molar-refractivity contribution in [3.8, 4) is 0 Å². The summed E-state index contributed by atoms with van der Waals surface area (Å²) in [5, 5.41) is 0. The average Bonchev–Trinajstić information content (AvgIpc) is 2.49. The molecule has 2 aromatic carbocycles. The molecule has 2 nitrogen and oxygen atoms in total. The molecule has 1 unspecified atom stereocenters. The average molecular weight is 332 g/mol. The van der Waals surface area contributed by atoms with Crippen LogP contribution in [0.5, 0.6) is 0 Å².